The number of rotatable bonds is 6. The Morgan fingerprint density at radius 1 is 1.20 bits per heavy atom. The molecule has 1 N–H and O–H groups in total. The quantitative estimate of drug-likeness (QED) is 0.873. The SMILES string of the molecule is CCNCc1ccnc(N(CC)c2ccccc2F)c1. The normalized spacial score (nSPS) is 10.6. The molecule has 2 aromatic rings. The largest absolute Gasteiger partial charge is 0.324 e. The molecule has 1 aromatic heterocycles. The van der Waals surface area contributed by atoms with Gasteiger partial charge >= 0.3 is 0 Å². The minimum absolute atomic E-state index is 0.228. The van der Waals surface area contributed by atoms with E-state index in [-0.39, 0.29) is 5.82 Å². The summed E-state index contributed by atoms with van der Waals surface area (Å²) in [7, 11) is 0. The van der Waals surface area contributed by atoms with Crippen LogP contribution < -0.4 is 10.2 Å². The van der Waals surface area contributed by atoms with Crippen LogP contribution in [0.3, 0.4) is 0 Å². The summed E-state index contributed by atoms with van der Waals surface area (Å²) < 4.78 is 13.9. The first-order chi connectivity index (χ1) is 9.76. The van der Waals surface area contributed by atoms with Crippen LogP contribution in [-0.2, 0) is 6.54 Å². The van der Waals surface area contributed by atoms with E-state index in [1.54, 1.807) is 18.3 Å². The monoisotopic (exact) mass is 273 g/mol. The van der Waals surface area contributed by atoms with Crippen LogP contribution in [0, 0.1) is 5.82 Å². The first-order valence-corrected chi connectivity index (χ1v) is 6.94. The summed E-state index contributed by atoms with van der Waals surface area (Å²) in [5, 5.41) is 3.28. The second kappa shape index (κ2) is 7.01. The second-order valence-electron chi connectivity index (χ2n) is 4.50. The molecular formula is C16H20FN3. The number of hydrogen-bond acceptors (Lipinski definition) is 3. The zero-order valence-electron chi connectivity index (χ0n) is 11.9. The highest BCUT2D eigenvalue weighted by Crippen LogP contribution is 2.26. The van der Waals surface area contributed by atoms with Gasteiger partial charge in [0.2, 0.25) is 0 Å². The molecule has 3 nitrogen and oxygen atoms in total. The molecular weight excluding hydrogens is 253 g/mol. The molecule has 0 atom stereocenters. The summed E-state index contributed by atoms with van der Waals surface area (Å²) in [6.45, 7) is 6.44. The van der Waals surface area contributed by atoms with E-state index < -0.39 is 0 Å². The molecule has 0 spiro atoms. The van der Waals surface area contributed by atoms with Gasteiger partial charge < -0.3 is 10.2 Å². The lowest BCUT2D eigenvalue weighted by molar-refractivity contribution is 0.625. The maximum Gasteiger partial charge on any atom is 0.146 e. The van der Waals surface area contributed by atoms with E-state index in [0.717, 1.165) is 24.5 Å². The van der Waals surface area contributed by atoms with Gasteiger partial charge in [0.05, 0.1) is 5.69 Å². The van der Waals surface area contributed by atoms with Crippen LogP contribution in [0.25, 0.3) is 0 Å². The molecule has 1 aromatic carbocycles. The third-order valence-electron chi connectivity index (χ3n) is 3.13. The van der Waals surface area contributed by atoms with E-state index in [1.165, 1.54) is 6.07 Å². The Kier molecular flexibility index (Phi) is 5.07. The summed E-state index contributed by atoms with van der Waals surface area (Å²) >= 11 is 0. The van der Waals surface area contributed by atoms with E-state index in [2.05, 4.69) is 17.2 Å². The van der Waals surface area contributed by atoms with Gasteiger partial charge in [-0.3, -0.25) is 0 Å². The average molecular weight is 273 g/mol. The Morgan fingerprint density at radius 2 is 2.00 bits per heavy atom. The predicted molar refractivity (Wildman–Crippen MR) is 80.7 cm³/mol. The van der Waals surface area contributed by atoms with Gasteiger partial charge in [-0.1, -0.05) is 19.1 Å². The van der Waals surface area contributed by atoms with Crippen molar-refractivity contribution in [2.24, 2.45) is 0 Å². The number of hydrogen-bond donors (Lipinski definition) is 1. The van der Waals surface area contributed by atoms with Crippen molar-refractivity contribution in [2.75, 3.05) is 18.0 Å². The fourth-order valence-electron chi connectivity index (χ4n) is 2.11. The van der Waals surface area contributed by atoms with Gasteiger partial charge in [-0.05, 0) is 43.3 Å². The van der Waals surface area contributed by atoms with Crippen molar-refractivity contribution < 1.29 is 4.39 Å². The minimum Gasteiger partial charge on any atom is -0.324 e. The molecule has 0 bridgehead atoms. The number of nitrogens with one attached hydrogen (secondary N) is 1. The van der Waals surface area contributed by atoms with E-state index in [4.69, 9.17) is 0 Å². The van der Waals surface area contributed by atoms with Crippen LogP contribution in [0.15, 0.2) is 42.6 Å². The molecule has 0 radical (unpaired) electrons. The second-order valence-corrected chi connectivity index (χ2v) is 4.50. The van der Waals surface area contributed by atoms with Crippen molar-refractivity contribution in [3.8, 4) is 0 Å². The molecule has 0 fully saturated rings. The molecule has 0 aliphatic rings. The highest BCUT2D eigenvalue weighted by Gasteiger charge is 2.12. The number of para-hydroxylation sites is 1. The van der Waals surface area contributed by atoms with Crippen LogP contribution in [0.5, 0.6) is 0 Å². The Morgan fingerprint density at radius 3 is 2.70 bits per heavy atom. The van der Waals surface area contributed by atoms with E-state index in [1.807, 2.05) is 30.0 Å². The van der Waals surface area contributed by atoms with E-state index in [9.17, 15) is 4.39 Å². The smallest absolute Gasteiger partial charge is 0.146 e. The third kappa shape index (κ3) is 3.33. The van der Waals surface area contributed by atoms with Crippen molar-refractivity contribution in [1.82, 2.24) is 10.3 Å². The topological polar surface area (TPSA) is 28.2 Å². The Balaban J connectivity index is 2.30. The standard InChI is InChI=1S/C16H20FN3/c1-3-18-12-13-9-10-19-16(11-13)20(4-2)15-8-6-5-7-14(15)17/h5-11,18H,3-4,12H2,1-2H3. The van der Waals surface area contributed by atoms with Crippen molar-refractivity contribution in [3.63, 3.8) is 0 Å². The number of anilines is 2. The molecule has 0 aliphatic carbocycles. The van der Waals surface area contributed by atoms with Crippen LogP contribution in [0.1, 0.15) is 19.4 Å². The molecule has 4 heteroatoms. The van der Waals surface area contributed by atoms with Crippen molar-refractivity contribution in [3.05, 3.63) is 54.0 Å². The molecule has 0 unspecified atom stereocenters. The van der Waals surface area contributed by atoms with Crippen LogP contribution in [0.4, 0.5) is 15.9 Å². The highest BCUT2D eigenvalue weighted by atomic mass is 19.1. The van der Waals surface area contributed by atoms with Gasteiger partial charge in [0.15, 0.2) is 0 Å². The Bertz CT molecular complexity index is 557. The summed E-state index contributed by atoms with van der Waals surface area (Å²) in [5.74, 6) is 0.543. The van der Waals surface area contributed by atoms with Crippen molar-refractivity contribution in [2.45, 2.75) is 20.4 Å². The fraction of sp³-hybridized carbons (Fsp3) is 0.312. The van der Waals surface area contributed by atoms with Crippen LogP contribution in [-0.4, -0.2) is 18.1 Å². The van der Waals surface area contributed by atoms with Gasteiger partial charge in [0.1, 0.15) is 11.6 Å². The van der Waals surface area contributed by atoms with Crippen molar-refractivity contribution >= 4 is 11.5 Å². The zero-order valence-corrected chi connectivity index (χ0v) is 11.9. The third-order valence-corrected chi connectivity index (χ3v) is 3.13. The van der Waals surface area contributed by atoms with E-state index >= 15 is 0 Å². The molecule has 1 heterocycles. The first kappa shape index (κ1) is 14.5. The molecule has 20 heavy (non-hydrogen) atoms. The Hall–Kier alpha value is -1.94. The zero-order chi connectivity index (χ0) is 14.4. The summed E-state index contributed by atoms with van der Waals surface area (Å²) in [4.78, 5) is 6.25. The predicted octanol–water partition coefficient (Wildman–Crippen LogP) is 3.49. The molecule has 0 saturated carbocycles. The van der Waals surface area contributed by atoms with Gasteiger partial charge in [-0.25, -0.2) is 9.37 Å². The fourth-order valence-corrected chi connectivity index (χ4v) is 2.11. The van der Waals surface area contributed by atoms with Gasteiger partial charge in [0, 0.05) is 19.3 Å². The minimum atomic E-state index is -0.228. The lowest BCUT2D eigenvalue weighted by Crippen LogP contribution is -2.19. The van der Waals surface area contributed by atoms with Crippen molar-refractivity contribution in [1.29, 1.82) is 0 Å². The lowest BCUT2D eigenvalue weighted by atomic mass is 10.2. The average Bonchev–Trinajstić information content (AvgIpc) is 2.48. The number of aromatic nitrogens is 1. The number of benzene rings is 1. The maximum atomic E-state index is 13.9. The molecule has 0 aliphatic heterocycles. The molecule has 0 saturated heterocycles. The van der Waals surface area contributed by atoms with Crippen LogP contribution in [0.2, 0.25) is 0 Å². The number of nitrogens with zero attached hydrogens (tertiary/aromatic N) is 2. The molecule has 106 valence electrons. The molecule has 0 amide bonds. The van der Waals surface area contributed by atoms with Gasteiger partial charge in [0.25, 0.3) is 0 Å². The summed E-state index contributed by atoms with van der Waals surface area (Å²) in [5.41, 5.74) is 1.70. The lowest BCUT2D eigenvalue weighted by Gasteiger charge is -2.23. The Labute approximate surface area is 119 Å². The van der Waals surface area contributed by atoms with Crippen LogP contribution >= 0.6 is 0 Å². The summed E-state index contributed by atoms with van der Waals surface area (Å²) in [6.07, 6.45) is 1.77. The molecule has 2 rings (SSSR count). The summed E-state index contributed by atoms with van der Waals surface area (Å²) in [6, 6.07) is 10.8. The first-order valence-electron chi connectivity index (χ1n) is 6.94. The number of halogens is 1. The highest BCUT2D eigenvalue weighted by molar-refractivity contribution is 5.60. The maximum absolute atomic E-state index is 13.9. The van der Waals surface area contributed by atoms with Gasteiger partial charge in [-0.15, -0.1) is 0 Å². The number of pyridine rings is 1. The van der Waals surface area contributed by atoms with E-state index in [0.29, 0.717) is 12.2 Å². The van der Waals surface area contributed by atoms with Gasteiger partial charge in [-0.2, -0.15) is 0 Å².